The molecule has 0 saturated heterocycles. The van der Waals surface area contributed by atoms with Gasteiger partial charge in [-0.15, -0.1) is 0 Å². The second-order valence-corrected chi connectivity index (χ2v) is 4.13. The van der Waals surface area contributed by atoms with Crippen LogP contribution in [0.3, 0.4) is 0 Å². The molecule has 0 fully saturated rings. The largest absolute Gasteiger partial charge is 0.396 e. The molecule has 3 rings (SSSR count). The lowest BCUT2D eigenvalue weighted by Gasteiger charge is -1.96. The van der Waals surface area contributed by atoms with Gasteiger partial charge in [0.1, 0.15) is 5.69 Å². The van der Waals surface area contributed by atoms with Gasteiger partial charge in [-0.2, -0.15) is 0 Å². The first-order chi connectivity index (χ1) is 8.86. The van der Waals surface area contributed by atoms with Crippen molar-refractivity contribution in [3.05, 3.63) is 48.2 Å². The summed E-state index contributed by atoms with van der Waals surface area (Å²) < 4.78 is 0. The van der Waals surface area contributed by atoms with E-state index in [0.717, 1.165) is 28.1 Å². The zero-order valence-corrected chi connectivity index (χ0v) is 9.80. The van der Waals surface area contributed by atoms with Gasteiger partial charge in [-0.05, 0) is 36.2 Å². The van der Waals surface area contributed by atoms with Crippen LogP contribution in [0.5, 0.6) is 0 Å². The van der Waals surface area contributed by atoms with Crippen molar-refractivity contribution in [2.75, 3.05) is 6.61 Å². The van der Waals surface area contributed by atoms with Gasteiger partial charge in [0.05, 0.1) is 11.0 Å². The molecule has 4 nitrogen and oxygen atoms in total. The molecule has 0 aliphatic rings. The van der Waals surface area contributed by atoms with Gasteiger partial charge >= 0.3 is 0 Å². The van der Waals surface area contributed by atoms with Gasteiger partial charge < -0.3 is 10.1 Å². The average molecular weight is 239 g/mol. The van der Waals surface area contributed by atoms with Gasteiger partial charge in [0.15, 0.2) is 5.82 Å². The van der Waals surface area contributed by atoms with Crippen LogP contribution in [0, 0.1) is 0 Å². The van der Waals surface area contributed by atoms with Crippen molar-refractivity contribution < 1.29 is 5.11 Å². The molecular formula is C14H13N3O. The second kappa shape index (κ2) is 4.58. The highest BCUT2D eigenvalue weighted by Gasteiger charge is 2.06. The summed E-state index contributed by atoms with van der Waals surface area (Å²) in [4.78, 5) is 12.0. The third-order valence-corrected chi connectivity index (χ3v) is 2.85. The molecular weight excluding hydrogens is 226 g/mol. The molecule has 3 aromatic rings. The predicted octanol–water partition coefficient (Wildman–Crippen LogP) is 2.16. The summed E-state index contributed by atoms with van der Waals surface area (Å²) in [5.74, 6) is 0.770. The number of aromatic nitrogens is 3. The quantitative estimate of drug-likeness (QED) is 0.736. The summed E-state index contributed by atoms with van der Waals surface area (Å²) in [7, 11) is 0. The average Bonchev–Trinajstić information content (AvgIpc) is 2.83. The van der Waals surface area contributed by atoms with Crippen molar-refractivity contribution in [3.63, 3.8) is 0 Å². The molecule has 90 valence electrons. The van der Waals surface area contributed by atoms with E-state index in [0.29, 0.717) is 6.42 Å². The number of nitrogens with one attached hydrogen (secondary N) is 1. The molecule has 0 saturated carbocycles. The Kier molecular flexibility index (Phi) is 2.78. The Morgan fingerprint density at radius 3 is 2.89 bits per heavy atom. The Morgan fingerprint density at radius 2 is 2.11 bits per heavy atom. The lowest BCUT2D eigenvalue weighted by atomic mass is 10.1. The Hall–Kier alpha value is -2.20. The molecule has 1 aromatic carbocycles. The van der Waals surface area contributed by atoms with Gasteiger partial charge in [-0.3, -0.25) is 4.98 Å². The van der Waals surface area contributed by atoms with E-state index in [9.17, 15) is 0 Å². The van der Waals surface area contributed by atoms with Crippen LogP contribution >= 0.6 is 0 Å². The number of aliphatic hydroxyl groups is 1. The number of aliphatic hydroxyl groups excluding tert-OH is 1. The Morgan fingerprint density at radius 1 is 1.17 bits per heavy atom. The topological polar surface area (TPSA) is 61.8 Å². The van der Waals surface area contributed by atoms with Crippen LogP contribution in [-0.2, 0) is 6.42 Å². The fraction of sp³-hybridized carbons (Fsp3) is 0.143. The van der Waals surface area contributed by atoms with E-state index in [1.165, 1.54) is 0 Å². The Bertz CT molecular complexity index is 661. The number of fused-ring (bicyclic) bond motifs is 1. The molecule has 0 aliphatic heterocycles. The smallest absolute Gasteiger partial charge is 0.157 e. The zero-order valence-electron chi connectivity index (χ0n) is 9.80. The first-order valence-corrected chi connectivity index (χ1v) is 5.88. The van der Waals surface area contributed by atoms with Crippen LogP contribution in [-0.4, -0.2) is 26.7 Å². The SMILES string of the molecule is OCCc1ccc2nc(-c3ccccn3)[nH]c2c1. The normalized spacial score (nSPS) is 10.9. The van der Waals surface area contributed by atoms with Crippen molar-refractivity contribution in [1.82, 2.24) is 15.0 Å². The number of aromatic amines is 1. The molecule has 0 aliphatic carbocycles. The fourth-order valence-electron chi connectivity index (χ4n) is 1.97. The maximum atomic E-state index is 8.94. The van der Waals surface area contributed by atoms with Crippen molar-refractivity contribution in [2.24, 2.45) is 0 Å². The van der Waals surface area contributed by atoms with Gasteiger partial charge in [-0.1, -0.05) is 12.1 Å². The first kappa shape index (κ1) is 10.9. The minimum atomic E-state index is 0.159. The van der Waals surface area contributed by atoms with Crippen LogP contribution in [0.1, 0.15) is 5.56 Å². The van der Waals surface area contributed by atoms with Crippen molar-refractivity contribution in [1.29, 1.82) is 0 Å². The number of nitrogens with zero attached hydrogens (tertiary/aromatic N) is 2. The monoisotopic (exact) mass is 239 g/mol. The molecule has 2 heterocycles. The van der Waals surface area contributed by atoms with E-state index in [4.69, 9.17) is 5.11 Å². The molecule has 0 radical (unpaired) electrons. The molecule has 2 aromatic heterocycles. The van der Waals surface area contributed by atoms with Crippen molar-refractivity contribution >= 4 is 11.0 Å². The summed E-state index contributed by atoms with van der Waals surface area (Å²) in [5.41, 5.74) is 3.82. The van der Waals surface area contributed by atoms with E-state index >= 15 is 0 Å². The summed E-state index contributed by atoms with van der Waals surface area (Å²) >= 11 is 0. The maximum Gasteiger partial charge on any atom is 0.157 e. The molecule has 0 bridgehead atoms. The van der Waals surface area contributed by atoms with Gasteiger partial charge in [-0.25, -0.2) is 4.98 Å². The lowest BCUT2D eigenvalue weighted by Crippen LogP contribution is -1.89. The predicted molar refractivity (Wildman–Crippen MR) is 70.1 cm³/mol. The summed E-state index contributed by atoms with van der Waals surface area (Å²) in [6.45, 7) is 0.159. The fourth-order valence-corrected chi connectivity index (χ4v) is 1.97. The van der Waals surface area contributed by atoms with E-state index < -0.39 is 0 Å². The van der Waals surface area contributed by atoms with E-state index in [2.05, 4.69) is 15.0 Å². The third-order valence-electron chi connectivity index (χ3n) is 2.85. The zero-order chi connectivity index (χ0) is 12.4. The van der Waals surface area contributed by atoms with E-state index in [1.807, 2.05) is 36.4 Å². The number of H-pyrrole nitrogens is 1. The molecule has 4 heteroatoms. The highest BCUT2D eigenvalue weighted by Crippen LogP contribution is 2.19. The molecule has 0 amide bonds. The highest BCUT2D eigenvalue weighted by atomic mass is 16.2. The van der Waals surface area contributed by atoms with Crippen LogP contribution in [0.4, 0.5) is 0 Å². The van der Waals surface area contributed by atoms with E-state index in [-0.39, 0.29) is 6.61 Å². The van der Waals surface area contributed by atoms with E-state index in [1.54, 1.807) is 6.20 Å². The number of imidazole rings is 1. The Labute approximate surface area is 104 Å². The summed E-state index contributed by atoms with van der Waals surface area (Å²) in [5, 5.41) is 8.94. The van der Waals surface area contributed by atoms with Crippen LogP contribution in [0.15, 0.2) is 42.6 Å². The lowest BCUT2D eigenvalue weighted by molar-refractivity contribution is 0.299. The highest BCUT2D eigenvalue weighted by molar-refractivity contribution is 5.79. The van der Waals surface area contributed by atoms with Crippen LogP contribution in [0.25, 0.3) is 22.6 Å². The first-order valence-electron chi connectivity index (χ1n) is 5.88. The molecule has 18 heavy (non-hydrogen) atoms. The Balaban J connectivity index is 2.06. The van der Waals surface area contributed by atoms with Gasteiger partial charge in [0.25, 0.3) is 0 Å². The molecule has 0 spiro atoms. The number of hydrogen-bond acceptors (Lipinski definition) is 3. The molecule has 0 atom stereocenters. The minimum absolute atomic E-state index is 0.159. The van der Waals surface area contributed by atoms with Gasteiger partial charge in [0.2, 0.25) is 0 Å². The third kappa shape index (κ3) is 1.98. The molecule has 0 unspecified atom stereocenters. The standard InChI is InChI=1S/C14H13N3O/c18-8-6-10-4-5-11-13(9-10)17-14(16-11)12-3-1-2-7-15-12/h1-5,7,9,18H,6,8H2,(H,16,17). The number of hydrogen-bond donors (Lipinski definition) is 2. The second-order valence-electron chi connectivity index (χ2n) is 4.13. The minimum Gasteiger partial charge on any atom is -0.396 e. The molecule has 2 N–H and O–H groups in total. The number of benzene rings is 1. The van der Waals surface area contributed by atoms with Crippen molar-refractivity contribution in [2.45, 2.75) is 6.42 Å². The van der Waals surface area contributed by atoms with Gasteiger partial charge in [0, 0.05) is 12.8 Å². The number of pyridine rings is 1. The van der Waals surface area contributed by atoms with Crippen LogP contribution < -0.4 is 0 Å². The van der Waals surface area contributed by atoms with Crippen molar-refractivity contribution in [3.8, 4) is 11.5 Å². The van der Waals surface area contributed by atoms with Crippen LogP contribution in [0.2, 0.25) is 0 Å². The summed E-state index contributed by atoms with van der Waals surface area (Å²) in [6.07, 6.45) is 2.41. The number of rotatable bonds is 3. The maximum absolute atomic E-state index is 8.94. The summed E-state index contributed by atoms with van der Waals surface area (Å²) in [6, 6.07) is 11.7.